The van der Waals surface area contributed by atoms with E-state index in [9.17, 15) is 9.90 Å². The molecule has 0 amide bonds. The monoisotopic (exact) mass is 224 g/mol. The zero-order valence-corrected chi connectivity index (χ0v) is 10.3. The molecule has 0 aliphatic rings. The van der Waals surface area contributed by atoms with Crippen LogP contribution in [0.4, 0.5) is 0 Å². The van der Waals surface area contributed by atoms with Crippen LogP contribution >= 0.6 is 11.8 Å². The number of aromatic hydroxyl groups is 1. The molecule has 2 nitrogen and oxygen atoms in total. The lowest BCUT2D eigenvalue weighted by Gasteiger charge is -2.19. The summed E-state index contributed by atoms with van der Waals surface area (Å²) in [6, 6.07) is 5.41. The normalized spacial score (nSPS) is 11.5. The average Bonchev–Trinajstić information content (AvgIpc) is 2.06. The Kier molecular flexibility index (Phi) is 3.45. The minimum absolute atomic E-state index is 0.0173. The summed E-state index contributed by atoms with van der Waals surface area (Å²) in [6.45, 7) is 7.79. The number of hydrogen-bond donors (Lipinski definition) is 1. The number of phenols is 1. The van der Waals surface area contributed by atoms with Crippen molar-refractivity contribution < 1.29 is 9.90 Å². The summed E-state index contributed by atoms with van der Waals surface area (Å²) in [7, 11) is 0. The molecule has 15 heavy (non-hydrogen) atoms. The van der Waals surface area contributed by atoms with Gasteiger partial charge in [0.1, 0.15) is 5.75 Å². The topological polar surface area (TPSA) is 37.3 Å². The quantitative estimate of drug-likeness (QED) is 0.743. The molecule has 0 aliphatic carbocycles. The third kappa shape index (κ3) is 3.27. The first-order chi connectivity index (χ1) is 6.80. The Hall–Kier alpha value is -0.960. The van der Waals surface area contributed by atoms with Crippen molar-refractivity contribution in [2.45, 2.75) is 38.0 Å². The zero-order valence-electron chi connectivity index (χ0n) is 9.50. The molecule has 0 saturated heterocycles. The Bertz CT molecular complexity index is 378. The third-order valence-electron chi connectivity index (χ3n) is 2.08. The molecule has 0 bridgehead atoms. The van der Waals surface area contributed by atoms with Gasteiger partial charge in [-0.2, -0.15) is 0 Å². The molecule has 0 spiro atoms. The van der Waals surface area contributed by atoms with Crippen LogP contribution in [0.5, 0.6) is 5.75 Å². The molecular weight excluding hydrogens is 208 g/mol. The predicted molar refractivity (Wildman–Crippen MR) is 63.3 cm³/mol. The first kappa shape index (κ1) is 12.1. The van der Waals surface area contributed by atoms with Crippen LogP contribution in [0.3, 0.4) is 0 Å². The number of thioether (sulfide) groups is 1. The average molecular weight is 224 g/mol. The largest absolute Gasteiger partial charge is 0.507 e. The van der Waals surface area contributed by atoms with Crippen molar-refractivity contribution >= 4 is 16.9 Å². The van der Waals surface area contributed by atoms with Gasteiger partial charge in [-0.15, -0.1) is 0 Å². The van der Waals surface area contributed by atoms with Gasteiger partial charge in [0.2, 0.25) is 0 Å². The second-order valence-corrected chi connectivity index (χ2v) is 5.75. The Morgan fingerprint density at radius 3 is 2.40 bits per heavy atom. The number of hydrogen-bond acceptors (Lipinski definition) is 3. The van der Waals surface area contributed by atoms with Crippen molar-refractivity contribution in [2.75, 3.05) is 0 Å². The van der Waals surface area contributed by atoms with E-state index >= 15 is 0 Å². The first-order valence-corrected chi connectivity index (χ1v) is 5.64. The van der Waals surface area contributed by atoms with Crippen LogP contribution in [0.2, 0.25) is 0 Å². The van der Waals surface area contributed by atoms with Crippen LogP contribution in [0.15, 0.2) is 23.1 Å². The summed E-state index contributed by atoms with van der Waals surface area (Å²) >= 11 is 1.07. The Morgan fingerprint density at radius 1 is 1.33 bits per heavy atom. The molecule has 1 rings (SSSR count). The van der Waals surface area contributed by atoms with Crippen molar-refractivity contribution in [3.8, 4) is 5.75 Å². The van der Waals surface area contributed by atoms with Gasteiger partial charge >= 0.3 is 0 Å². The molecule has 0 heterocycles. The van der Waals surface area contributed by atoms with Gasteiger partial charge in [-0.25, -0.2) is 0 Å². The Morgan fingerprint density at radius 2 is 1.93 bits per heavy atom. The van der Waals surface area contributed by atoms with E-state index in [1.165, 1.54) is 6.92 Å². The lowest BCUT2D eigenvalue weighted by atomic mass is 9.87. The highest BCUT2D eigenvalue weighted by molar-refractivity contribution is 8.13. The van der Waals surface area contributed by atoms with E-state index in [2.05, 4.69) is 20.8 Å². The van der Waals surface area contributed by atoms with Gasteiger partial charge in [0.25, 0.3) is 0 Å². The summed E-state index contributed by atoms with van der Waals surface area (Å²) in [5.74, 6) is 0.170. The third-order valence-corrected chi connectivity index (χ3v) is 2.91. The van der Waals surface area contributed by atoms with Crippen molar-refractivity contribution in [3.05, 3.63) is 23.8 Å². The molecule has 0 aromatic heterocycles. The summed E-state index contributed by atoms with van der Waals surface area (Å²) in [5, 5.41) is 9.56. The highest BCUT2D eigenvalue weighted by Crippen LogP contribution is 2.33. The molecule has 1 aromatic rings. The van der Waals surface area contributed by atoms with Crippen molar-refractivity contribution in [2.24, 2.45) is 0 Å². The van der Waals surface area contributed by atoms with Gasteiger partial charge < -0.3 is 5.11 Å². The standard InChI is InChI=1S/C12H16O2S/c1-8(13)15-11-7-9(12(2,3)4)5-6-10(11)14/h5-7,14H,1-4H3. The molecule has 3 heteroatoms. The maximum Gasteiger partial charge on any atom is 0.190 e. The summed E-state index contributed by atoms with van der Waals surface area (Å²) in [4.78, 5) is 11.6. The molecule has 82 valence electrons. The van der Waals surface area contributed by atoms with Gasteiger partial charge in [-0.3, -0.25) is 4.79 Å². The lowest BCUT2D eigenvalue weighted by Crippen LogP contribution is -2.10. The van der Waals surface area contributed by atoms with E-state index < -0.39 is 0 Å². The lowest BCUT2D eigenvalue weighted by molar-refractivity contribution is -0.109. The first-order valence-electron chi connectivity index (χ1n) is 4.82. The molecule has 1 aromatic carbocycles. The molecule has 0 aliphatic heterocycles. The van der Waals surface area contributed by atoms with Crippen molar-refractivity contribution in [3.63, 3.8) is 0 Å². The van der Waals surface area contributed by atoms with Gasteiger partial charge in [0.15, 0.2) is 5.12 Å². The van der Waals surface area contributed by atoms with E-state index in [1.807, 2.05) is 12.1 Å². The van der Waals surface area contributed by atoms with Crippen LogP contribution in [0.1, 0.15) is 33.3 Å². The van der Waals surface area contributed by atoms with E-state index in [0.717, 1.165) is 17.3 Å². The smallest absolute Gasteiger partial charge is 0.190 e. The maximum absolute atomic E-state index is 11.0. The highest BCUT2D eigenvalue weighted by Gasteiger charge is 2.16. The number of carbonyl (C=O) groups is 1. The molecule has 1 N–H and O–H groups in total. The Balaban J connectivity index is 3.11. The van der Waals surface area contributed by atoms with E-state index in [-0.39, 0.29) is 16.3 Å². The second kappa shape index (κ2) is 4.27. The van der Waals surface area contributed by atoms with Crippen molar-refractivity contribution in [1.29, 1.82) is 0 Å². The van der Waals surface area contributed by atoms with E-state index in [4.69, 9.17) is 0 Å². The number of rotatable bonds is 1. The fraction of sp³-hybridized carbons (Fsp3) is 0.417. The van der Waals surface area contributed by atoms with Gasteiger partial charge in [-0.05, 0) is 34.9 Å². The molecule has 0 unspecified atom stereocenters. The minimum Gasteiger partial charge on any atom is -0.507 e. The van der Waals surface area contributed by atoms with Crippen LogP contribution in [-0.4, -0.2) is 10.2 Å². The molecule has 0 radical (unpaired) electrons. The van der Waals surface area contributed by atoms with Crippen LogP contribution in [-0.2, 0) is 10.2 Å². The van der Waals surface area contributed by atoms with Gasteiger partial charge in [0.05, 0.1) is 4.90 Å². The molecule has 0 saturated carbocycles. The SMILES string of the molecule is CC(=O)Sc1cc(C(C)(C)C)ccc1O. The van der Waals surface area contributed by atoms with E-state index in [1.54, 1.807) is 6.07 Å². The maximum atomic E-state index is 11.0. The van der Waals surface area contributed by atoms with Crippen molar-refractivity contribution in [1.82, 2.24) is 0 Å². The zero-order chi connectivity index (χ0) is 11.6. The number of benzene rings is 1. The van der Waals surface area contributed by atoms with Crippen LogP contribution in [0.25, 0.3) is 0 Å². The van der Waals surface area contributed by atoms with Gasteiger partial charge in [0, 0.05) is 6.92 Å². The summed E-state index contributed by atoms with van der Waals surface area (Å²) in [5.41, 5.74) is 1.14. The number of carbonyl (C=O) groups excluding carboxylic acids is 1. The fourth-order valence-corrected chi connectivity index (χ4v) is 1.89. The molecular formula is C12H16O2S. The fourth-order valence-electron chi connectivity index (χ4n) is 1.22. The summed E-state index contributed by atoms with van der Waals surface area (Å²) < 4.78 is 0. The molecule has 0 fully saturated rings. The number of phenolic OH excluding ortho intramolecular Hbond substituents is 1. The van der Waals surface area contributed by atoms with E-state index in [0.29, 0.717) is 4.90 Å². The predicted octanol–water partition coefficient (Wildman–Crippen LogP) is 3.33. The van der Waals surface area contributed by atoms with Gasteiger partial charge in [-0.1, -0.05) is 26.8 Å². The highest BCUT2D eigenvalue weighted by atomic mass is 32.2. The van der Waals surface area contributed by atoms with Crippen LogP contribution < -0.4 is 0 Å². The van der Waals surface area contributed by atoms with Crippen LogP contribution in [0, 0.1) is 0 Å². The molecule has 0 atom stereocenters. The minimum atomic E-state index is -0.0173. The summed E-state index contributed by atoms with van der Waals surface area (Å²) in [6.07, 6.45) is 0. The second-order valence-electron chi connectivity index (χ2n) is 4.53. The Labute approximate surface area is 94.7 Å².